The molecule has 4 N–H and O–H groups in total. The number of carbonyl (C=O) groups is 7. The Morgan fingerprint density at radius 1 is 0.833 bits per heavy atom. The summed E-state index contributed by atoms with van der Waals surface area (Å²) in [5, 5.41) is 18.6. The lowest BCUT2D eigenvalue weighted by Crippen LogP contribution is -2.58. The Morgan fingerprint density at radius 2 is 1.38 bits per heavy atom. The average Bonchev–Trinajstić information content (AvgIpc) is 3.06. The first kappa shape index (κ1) is 39.1. The molecule has 0 bridgehead atoms. The van der Waals surface area contributed by atoms with Crippen molar-refractivity contribution in [3.63, 3.8) is 0 Å². The van der Waals surface area contributed by atoms with Crippen molar-refractivity contribution >= 4 is 41.8 Å². The van der Waals surface area contributed by atoms with Gasteiger partial charge in [-0.05, 0) is 30.5 Å². The highest BCUT2D eigenvalue weighted by Gasteiger charge is 2.33. The number of carbonyl (C=O) groups excluding carboxylic acids is 7. The molecule has 0 aliphatic carbocycles. The molecule has 2 aromatic rings. The summed E-state index contributed by atoms with van der Waals surface area (Å²) in [5.41, 5.74) is 1.19. The van der Waals surface area contributed by atoms with Gasteiger partial charge in [-0.3, -0.25) is 28.8 Å². The number of carboxylic acid groups (broad SMARTS) is 1. The van der Waals surface area contributed by atoms with E-state index in [1.165, 1.54) is 6.92 Å². The fourth-order valence-corrected chi connectivity index (χ4v) is 4.83. The van der Waals surface area contributed by atoms with Crippen LogP contribution in [0.2, 0.25) is 0 Å². The van der Waals surface area contributed by atoms with Crippen LogP contribution < -0.4 is 26.4 Å². The Bertz CT molecular complexity index is 1410. The Hall–Kier alpha value is -5.11. The number of rotatable bonds is 13. The van der Waals surface area contributed by atoms with E-state index < -0.39 is 59.9 Å². The van der Waals surface area contributed by atoms with Crippen LogP contribution in [-0.2, 0) is 35.2 Å². The molecular formula is C34H46N6O8. The normalized spacial score (nSPS) is 15.3. The summed E-state index contributed by atoms with van der Waals surface area (Å²) in [5.74, 6) is -4.31. The third kappa shape index (κ3) is 12.6. The van der Waals surface area contributed by atoms with Crippen LogP contribution in [0.3, 0.4) is 0 Å². The maximum absolute atomic E-state index is 13.3. The van der Waals surface area contributed by atoms with E-state index in [0.717, 1.165) is 23.1 Å². The molecule has 2 aromatic carbocycles. The van der Waals surface area contributed by atoms with Crippen LogP contribution in [-0.4, -0.2) is 116 Å². The lowest BCUT2D eigenvalue weighted by molar-refractivity contribution is -0.894. The van der Waals surface area contributed by atoms with E-state index in [0.29, 0.717) is 18.7 Å². The summed E-state index contributed by atoms with van der Waals surface area (Å²) in [6, 6.07) is 14.3. The number of hydrogen-bond donors (Lipinski definition) is 4. The largest absolute Gasteiger partial charge is 0.554 e. The fraction of sp³-hybridized carbons (Fsp3) is 0.441. The molecule has 1 saturated heterocycles. The highest BCUT2D eigenvalue weighted by molar-refractivity contribution is 6.38. The van der Waals surface area contributed by atoms with Gasteiger partial charge in [-0.15, -0.1) is 0 Å². The van der Waals surface area contributed by atoms with Gasteiger partial charge in [0.1, 0.15) is 12.1 Å². The summed E-state index contributed by atoms with van der Waals surface area (Å²) in [7, 11) is 4.17. The van der Waals surface area contributed by atoms with E-state index >= 15 is 0 Å². The second-order valence-electron chi connectivity index (χ2n) is 12.4. The minimum atomic E-state index is -1.18. The SMILES string of the molecule is CC(C)[C@H](NC(=O)[C@H](C)NC(=O)[C@H](Cc1ccccc1)NC(=O)c1ccccc1)C(=O)C(=O)NCC(=O)N1CC[N+](C)(C)CC1.O=C[O-]. The number of Topliss-reactive ketones (excluding diaryl/α,β-unsaturated/α-hetero) is 1. The first-order chi connectivity index (χ1) is 22.7. The number of nitrogens with zero attached hydrogens (tertiary/aromatic N) is 2. The Labute approximate surface area is 280 Å². The van der Waals surface area contributed by atoms with Gasteiger partial charge in [0.2, 0.25) is 23.5 Å². The van der Waals surface area contributed by atoms with Crippen LogP contribution in [0.1, 0.15) is 36.7 Å². The van der Waals surface area contributed by atoms with Crippen molar-refractivity contribution in [1.29, 1.82) is 0 Å². The summed E-state index contributed by atoms with van der Waals surface area (Å²) in [6.07, 6.45) is 0.180. The molecule has 0 saturated carbocycles. The zero-order valence-corrected chi connectivity index (χ0v) is 28.1. The Kier molecular flexibility index (Phi) is 15.4. The van der Waals surface area contributed by atoms with Crippen LogP contribution in [0.15, 0.2) is 60.7 Å². The second-order valence-corrected chi connectivity index (χ2v) is 12.4. The summed E-state index contributed by atoms with van der Waals surface area (Å²) in [4.78, 5) is 87.5. The van der Waals surface area contributed by atoms with E-state index in [2.05, 4.69) is 35.4 Å². The van der Waals surface area contributed by atoms with E-state index in [-0.39, 0.29) is 18.9 Å². The molecule has 0 spiro atoms. The number of benzene rings is 2. The van der Waals surface area contributed by atoms with Crippen molar-refractivity contribution in [2.24, 2.45) is 5.92 Å². The topological polar surface area (TPSA) is 194 Å². The molecule has 1 fully saturated rings. The molecule has 48 heavy (non-hydrogen) atoms. The van der Waals surface area contributed by atoms with Crippen molar-refractivity contribution in [2.75, 3.05) is 46.8 Å². The molecule has 260 valence electrons. The molecule has 0 radical (unpaired) electrons. The quantitative estimate of drug-likeness (QED) is 0.114. The van der Waals surface area contributed by atoms with Gasteiger partial charge in [-0.25, -0.2) is 0 Å². The van der Waals surface area contributed by atoms with Gasteiger partial charge in [-0.1, -0.05) is 62.4 Å². The van der Waals surface area contributed by atoms with Crippen LogP contribution in [0, 0.1) is 5.92 Å². The van der Waals surface area contributed by atoms with Crippen molar-refractivity contribution in [3.05, 3.63) is 71.8 Å². The van der Waals surface area contributed by atoms with Gasteiger partial charge in [-0.2, -0.15) is 0 Å². The first-order valence-corrected chi connectivity index (χ1v) is 15.7. The molecule has 1 aliphatic heterocycles. The number of piperazine rings is 1. The molecule has 0 aromatic heterocycles. The zero-order valence-electron chi connectivity index (χ0n) is 28.1. The molecule has 14 nitrogen and oxygen atoms in total. The van der Waals surface area contributed by atoms with Crippen LogP contribution in [0.4, 0.5) is 0 Å². The molecule has 14 heteroatoms. The predicted molar refractivity (Wildman–Crippen MR) is 175 cm³/mol. The fourth-order valence-electron chi connectivity index (χ4n) is 4.83. The number of likely N-dealkylation sites (N-methyl/N-ethyl adjacent to an activating group) is 1. The van der Waals surface area contributed by atoms with Gasteiger partial charge >= 0.3 is 0 Å². The van der Waals surface area contributed by atoms with Gasteiger partial charge in [0.05, 0.1) is 52.9 Å². The smallest absolute Gasteiger partial charge is 0.290 e. The van der Waals surface area contributed by atoms with E-state index in [1.54, 1.807) is 49.1 Å². The second kappa shape index (κ2) is 18.9. The lowest BCUT2D eigenvalue weighted by atomic mass is 9.98. The Morgan fingerprint density at radius 3 is 1.92 bits per heavy atom. The molecular weight excluding hydrogens is 620 g/mol. The monoisotopic (exact) mass is 666 g/mol. The van der Waals surface area contributed by atoms with Gasteiger partial charge in [0.25, 0.3) is 11.8 Å². The molecule has 3 atom stereocenters. The number of ketones is 1. The first-order valence-electron chi connectivity index (χ1n) is 15.7. The van der Waals surface area contributed by atoms with Crippen LogP contribution >= 0.6 is 0 Å². The van der Waals surface area contributed by atoms with Crippen LogP contribution in [0.5, 0.6) is 0 Å². The molecule has 3 rings (SSSR count). The van der Waals surface area contributed by atoms with E-state index in [4.69, 9.17) is 9.90 Å². The number of nitrogens with one attached hydrogen (secondary N) is 4. The van der Waals surface area contributed by atoms with Crippen molar-refractivity contribution < 1.29 is 43.2 Å². The third-order valence-electron chi connectivity index (χ3n) is 7.87. The highest BCUT2D eigenvalue weighted by atomic mass is 16.3. The van der Waals surface area contributed by atoms with Gasteiger partial charge in [0, 0.05) is 18.5 Å². The number of amides is 5. The number of hydrogen-bond acceptors (Lipinski definition) is 8. The minimum Gasteiger partial charge on any atom is -0.554 e. The van der Waals surface area contributed by atoms with E-state index in [1.807, 2.05) is 30.3 Å². The maximum atomic E-state index is 13.3. The average molecular weight is 667 g/mol. The predicted octanol–water partition coefficient (Wildman–Crippen LogP) is -1.36. The number of quaternary nitrogens is 1. The Balaban J connectivity index is 0.00000257. The summed E-state index contributed by atoms with van der Waals surface area (Å²) < 4.78 is 0.805. The van der Waals surface area contributed by atoms with Crippen molar-refractivity contribution in [3.8, 4) is 0 Å². The molecule has 1 aliphatic rings. The van der Waals surface area contributed by atoms with Crippen molar-refractivity contribution in [2.45, 2.75) is 45.3 Å². The molecule has 0 unspecified atom stereocenters. The molecule has 5 amide bonds. The third-order valence-corrected chi connectivity index (χ3v) is 7.87. The van der Waals surface area contributed by atoms with Gasteiger partial charge < -0.3 is 40.6 Å². The lowest BCUT2D eigenvalue weighted by Gasteiger charge is -2.39. The van der Waals surface area contributed by atoms with Crippen LogP contribution in [0.25, 0.3) is 0 Å². The van der Waals surface area contributed by atoms with E-state index in [9.17, 15) is 28.8 Å². The minimum absolute atomic E-state index is 0.180. The summed E-state index contributed by atoms with van der Waals surface area (Å²) in [6.45, 7) is 6.69. The van der Waals surface area contributed by atoms with Gasteiger partial charge in [0.15, 0.2) is 0 Å². The van der Waals surface area contributed by atoms with Crippen molar-refractivity contribution in [1.82, 2.24) is 26.2 Å². The standard InChI is InChI=1S/C33H44N6O6.CH2O2/c1-22(2)28(29(41)33(45)34-21-27(40)38-16-18-39(4,5)19-17-38)37-30(42)23(3)35-32(44)26(20-24-12-8-6-9-13-24)36-31(43)25-14-10-7-11-15-25;2-1-3/h6-15,22-23,26,28H,16-21H2,1-5H3,(H3-,34,35,36,37,42,43,44,45);1H,(H,2,3)/t23-,26-,28-;/m0./s1. The summed E-state index contributed by atoms with van der Waals surface area (Å²) >= 11 is 0. The zero-order chi connectivity index (χ0) is 35.9. The maximum Gasteiger partial charge on any atom is 0.290 e. The molecule has 1 heterocycles. The highest BCUT2D eigenvalue weighted by Crippen LogP contribution is 2.09.